The SMILES string of the molecule is Cc1ccc(-n2cc([N+](=O)[O-])c(C(=O)O)n2)nn1. The molecule has 2 rings (SSSR count). The van der Waals surface area contributed by atoms with E-state index in [0.717, 1.165) is 10.9 Å². The van der Waals surface area contributed by atoms with Gasteiger partial charge >= 0.3 is 11.7 Å². The molecule has 0 unspecified atom stereocenters. The summed E-state index contributed by atoms with van der Waals surface area (Å²) < 4.78 is 1.01. The van der Waals surface area contributed by atoms with Gasteiger partial charge in [0.05, 0.1) is 10.6 Å². The van der Waals surface area contributed by atoms with Crippen LogP contribution >= 0.6 is 0 Å². The van der Waals surface area contributed by atoms with Crippen LogP contribution in [0.15, 0.2) is 18.3 Å². The lowest BCUT2D eigenvalue weighted by atomic mass is 10.4. The number of aromatic carboxylic acids is 1. The summed E-state index contributed by atoms with van der Waals surface area (Å²) in [5, 5.41) is 30.6. The van der Waals surface area contributed by atoms with Crippen LogP contribution in [0.2, 0.25) is 0 Å². The van der Waals surface area contributed by atoms with Crippen molar-refractivity contribution in [3.05, 3.63) is 39.8 Å². The number of carboxylic acid groups (broad SMARTS) is 1. The molecular weight excluding hydrogens is 242 g/mol. The number of carbonyl (C=O) groups is 1. The largest absolute Gasteiger partial charge is 0.476 e. The van der Waals surface area contributed by atoms with Crippen LogP contribution in [0, 0.1) is 17.0 Å². The van der Waals surface area contributed by atoms with Gasteiger partial charge < -0.3 is 5.11 Å². The highest BCUT2D eigenvalue weighted by molar-refractivity contribution is 5.89. The number of hydrogen-bond acceptors (Lipinski definition) is 6. The number of nitro groups is 1. The summed E-state index contributed by atoms with van der Waals surface area (Å²) in [6.07, 6.45) is 0.989. The lowest BCUT2D eigenvalue weighted by molar-refractivity contribution is -0.385. The molecular formula is C9H7N5O4. The fraction of sp³-hybridized carbons (Fsp3) is 0.111. The quantitative estimate of drug-likeness (QED) is 0.622. The van der Waals surface area contributed by atoms with Crippen molar-refractivity contribution in [1.82, 2.24) is 20.0 Å². The summed E-state index contributed by atoms with van der Waals surface area (Å²) in [4.78, 5) is 20.7. The summed E-state index contributed by atoms with van der Waals surface area (Å²) in [5.74, 6) is -1.27. The Balaban J connectivity index is 2.53. The fourth-order valence-electron chi connectivity index (χ4n) is 1.28. The third-order valence-electron chi connectivity index (χ3n) is 2.11. The zero-order chi connectivity index (χ0) is 13.3. The van der Waals surface area contributed by atoms with E-state index in [4.69, 9.17) is 5.11 Å². The number of nitrogens with zero attached hydrogens (tertiary/aromatic N) is 5. The molecule has 9 heteroatoms. The zero-order valence-electron chi connectivity index (χ0n) is 9.14. The third kappa shape index (κ3) is 2.00. The highest BCUT2D eigenvalue weighted by Crippen LogP contribution is 2.18. The van der Waals surface area contributed by atoms with E-state index in [2.05, 4.69) is 15.3 Å². The average Bonchev–Trinajstić information content (AvgIpc) is 2.75. The first-order valence-electron chi connectivity index (χ1n) is 4.77. The number of aromatic nitrogens is 4. The van der Waals surface area contributed by atoms with E-state index in [1.165, 1.54) is 6.07 Å². The van der Waals surface area contributed by atoms with Gasteiger partial charge in [0.2, 0.25) is 5.69 Å². The molecule has 0 aromatic carbocycles. The molecule has 0 fully saturated rings. The van der Waals surface area contributed by atoms with Crippen molar-refractivity contribution in [2.24, 2.45) is 0 Å². The molecule has 0 saturated heterocycles. The first kappa shape index (κ1) is 11.6. The second-order valence-corrected chi connectivity index (χ2v) is 3.40. The molecule has 0 atom stereocenters. The summed E-state index contributed by atoms with van der Waals surface area (Å²) in [6.45, 7) is 1.73. The van der Waals surface area contributed by atoms with Gasteiger partial charge in [-0.05, 0) is 19.1 Å². The van der Waals surface area contributed by atoms with Gasteiger partial charge in [-0.25, -0.2) is 9.48 Å². The van der Waals surface area contributed by atoms with Crippen LogP contribution in [0.3, 0.4) is 0 Å². The average molecular weight is 249 g/mol. The Morgan fingerprint density at radius 1 is 1.44 bits per heavy atom. The maximum atomic E-state index is 10.8. The smallest absolute Gasteiger partial charge is 0.363 e. The molecule has 2 aromatic rings. The minimum Gasteiger partial charge on any atom is -0.476 e. The Bertz CT molecular complexity index is 587. The van der Waals surface area contributed by atoms with Crippen LogP contribution in [0.4, 0.5) is 5.69 Å². The fourth-order valence-corrected chi connectivity index (χ4v) is 1.28. The van der Waals surface area contributed by atoms with Gasteiger partial charge in [0.25, 0.3) is 0 Å². The maximum absolute atomic E-state index is 10.8. The Labute approximate surface area is 99.8 Å². The van der Waals surface area contributed by atoms with E-state index < -0.39 is 22.3 Å². The Morgan fingerprint density at radius 3 is 2.61 bits per heavy atom. The second-order valence-electron chi connectivity index (χ2n) is 3.40. The van der Waals surface area contributed by atoms with Gasteiger partial charge in [0.15, 0.2) is 5.82 Å². The minimum absolute atomic E-state index is 0.205. The van der Waals surface area contributed by atoms with E-state index in [-0.39, 0.29) is 5.82 Å². The lowest BCUT2D eigenvalue weighted by Gasteiger charge is -1.97. The van der Waals surface area contributed by atoms with Crippen molar-refractivity contribution in [3.8, 4) is 5.82 Å². The van der Waals surface area contributed by atoms with Crippen LogP contribution in [0.1, 0.15) is 16.2 Å². The lowest BCUT2D eigenvalue weighted by Crippen LogP contribution is -2.04. The highest BCUT2D eigenvalue weighted by atomic mass is 16.6. The van der Waals surface area contributed by atoms with Crippen molar-refractivity contribution >= 4 is 11.7 Å². The molecule has 9 nitrogen and oxygen atoms in total. The predicted molar refractivity (Wildman–Crippen MR) is 57.5 cm³/mol. The number of aryl methyl sites for hydroxylation is 1. The van der Waals surface area contributed by atoms with E-state index in [0.29, 0.717) is 5.69 Å². The van der Waals surface area contributed by atoms with Gasteiger partial charge in [0.1, 0.15) is 6.20 Å². The van der Waals surface area contributed by atoms with Crippen LogP contribution in [-0.4, -0.2) is 36.0 Å². The highest BCUT2D eigenvalue weighted by Gasteiger charge is 2.25. The topological polar surface area (TPSA) is 124 Å². The zero-order valence-corrected chi connectivity index (χ0v) is 9.14. The first-order chi connectivity index (χ1) is 8.49. The summed E-state index contributed by atoms with van der Waals surface area (Å²) >= 11 is 0. The van der Waals surface area contributed by atoms with Crippen molar-refractivity contribution in [1.29, 1.82) is 0 Å². The van der Waals surface area contributed by atoms with Gasteiger partial charge in [0, 0.05) is 0 Å². The molecule has 92 valence electrons. The molecule has 0 radical (unpaired) electrons. The first-order valence-corrected chi connectivity index (χ1v) is 4.77. The Morgan fingerprint density at radius 2 is 2.17 bits per heavy atom. The Kier molecular flexibility index (Phi) is 2.72. The van der Waals surface area contributed by atoms with E-state index >= 15 is 0 Å². The molecule has 2 aromatic heterocycles. The van der Waals surface area contributed by atoms with Gasteiger partial charge in [-0.2, -0.15) is 10.2 Å². The standard InChI is InChI=1S/C9H7N5O4/c1-5-2-3-7(11-10-5)13-4-6(14(17)18)8(12-13)9(15)16/h2-4H,1H3,(H,15,16). The number of hydrogen-bond donors (Lipinski definition) is 1. The van der Waals surface area contributed by atoms with E-state index in [1.54, 1.807) is 13.0 Å². The van der Waals surface area contributed by atoms with Crippen LogP contribution in [-0.2, 0) is 0 Å². The predicted octanol–water partition coefficient (Wildman–Crippen LogP) is 0.577. The van der Waals surface area contributed by atoms with Crippen LogP contribution in [0.5, 0.6) is 0 Å². The third-order valence-corrected chi connectivity index (χ3v) is 2.11. The molecule has 0 bridgehead atoms. The minimum atomic E-state index is -1.47. The van der Waals surface area contributed by atoms with Crippen LogP contribution < -0.4 is 0 Å². The van der Waals surface area contributed by atoms with Crippen molar-refractivity contribution in [2.45, 2.75) is 6.92 Å². The molecule has 0 amide bonds. The van der Waals surface area contributed by atoms with Gasteiger partial charge in [-0.15, -0.1) is 5.10 Å². The van der Waals surface area contributed by atoms with E-state index in [9.17, 15) is 14.9 Å². The molecule has 1 N–H and O–H groups in total. The maximum Gasteiger partial charge on any atom is 0.363 e. The molecule has 0 aliphatic heterocycles. The molecule has 0 aliphatic carbocycles. The molecule has 0 aliphatic rings. The monoisotopic (exact) mass is 249 g/mol. The normalized spacial score (nSPS) is 10.3. The molecule has 18 heavy (non-hydrogen) atoms. The van der Waals surface area contributed by atoms with Gasteiger partial charge in [-0.3, -0.25) is 10.1 Å². The Hall–Kier alpha value is -2.84. The molecule has 2 heterocycles. The van der Waals surface area contributed by atoms with Crippen molar-refractivity contribution < 1.29 is 14.8 Å². The van der Waals surface area contributed by atoms with Gasteiger partial charge in [-0.1, -0.05) is 0 Å². The summed E-state index contributed by atoms with van der Waals surface area (Å²) in [5.41, 5.74) is -0.564. The number of carboxylic acids is 1. The van der Waals surface area contributed by atoms with Crippen LogP contribution in [0.25, 0.3) is 5.82 Å². The van der Waals surface area contributed by atoms with Crippen molar-refractivity contribution in [3.63, 3.8) is 0 Å². The van der Waals surface area contributed by atoms with Crippen molar-refractivity contribution in [2.75, 3.05) is 0 Å². The summed E-state index contributed by atoms with van der Waals surface area (Å²) in [7, 11) is 0. The van der Waals surface area contributed by atoms with E-state index in [1.807, 2.05) is 0 Å². The summed E-state index contributed by atoms with van der Waals surface area (Å²) in [6, 6.07) is 3.17. The number of rotatable bonds is 3. The second kappa shape index (κ2) is 4.20. The molecule has 0 spiro atoms. The molecule has 0 saturated carbocycles.